The third kappa shape index (κ3) is 3.53. The second-order valence-corrected chi connectivity index (χ2v) is 5.19. The van der Waals surface area contributed by atoms with Crippen molar-refractivity contribution in [1.82, 2.24) is 20.2 Å². The fourth-order valence-corrected chi connectivity index (χ4v) is 2.40. The maximum atomic E-state index is 12.4. The molecule has 1 N–H and O–H groups in total. The monoisotopic (exact) mass is 276 g/mol. The van der Waals surface area contributed by atoms with E-state index >= 15 is 0 Å². The predicted octanol–water partition coefficient (Wildman–Crippen LogP) is 0.773. The van der Waals surface area contributed by atoms with E-state index in [0.717, 1.165) is 25.9 Å². The van der Waals surface area contributed by atoms with Gasteiger partial charge in [0, 0.05) is 32.8 Å². The SMILES string of the molecule is CC(=O)NCC1CCN(C(=O)c2cncnc2C)CC1. The molecule has 6 nitrogen and oxygen atoms in total. The molecule has 0 unspecified atom stereocenters. The fraction of sp³-hybridized carbons (Fsp3) is 0.571. The van der Waals surface area contributed by atoms with Gasteiger partial charge in [-0.05, 0) is 25.7 Å². The van der Waals surface area contributed by atoms with Gasteiger partial charge in [0.15, 0.2) is 0 Å². The van der Waals surface area contributed by atoms with Crippen molar-refractivity contribution in [3.8, 4) is 0 Å². The Morgan fingerprint density at radius 3 is 2.70 bits per heavy atom. The zero-order chi connectivity index (χ0) is 14.5. The molecular formula is C14H20N4O2. The molecule has 108 valence electrons. The number of likely N-dealkylation sites (tertiary alicyclic amines) is 1. The number of nitrogens with zero attached hydrogens (tertiary/aromatic N) is 3. The van der Waals surface area contributed by atoms with Crippen molar-refractivity contribution in [2.45, 2.75) is 26.7 Å². The predicted molar refractivity (Wildman–Crippen MR) is 74.1 cm³/mol. The van der Waals surface area contributed by atoms with Gasteiger partial charge in [-0.25, -0.2) is 9.97 Å². The van der Waals surface area contributed by atoms with E-state index in [-0.39, 0.29) is 11.8 Å². The van der Waals surface area contributed by atoms with E-state index < -0.39 is 0 Å². The number of nitrogens with one attached hydrogen (secondary N) is 1. The van der Waals surface area contributed by atoms with Gasteiger partial charge in [-0.15, -0.1) is 0 Å². The second kappa shape index (κ2) is 6.45. The van der Waals surface area contributed by atoms with Crippen LogP contribution in [-0.2, 0) is 4.79 Å². The molecule has 2 rings (SSSR count). The highest BCUT2D eigenvalue weighted by Gasteiger charge is 2.24. The van der Waals surface area contributed by atoms with Gasteiger partial charge in [-0.1, -0.05) is 0 Å². The van der Waals surface area contributed by atoms with Crippen LogP contribution in [0.1, 0.15) is 35.8 Å². The topological polar surface area (TPSA) is 75.2 Å². The van der Waals surface area contributed by atoms with Crippen LogP contribution in [0.15, 0.2) is 12.5 Å². The quantitative estimate of drug-likeness (QED) is 0.885. The molecule has 1 aromatic rings. The first kappa shape index (κ1) is 14.4. The van der Waals surface area contributed by atoms with Crippen LogP contribution >= 0.6 is 0 Å². The van der Waals surface area contributed by atoms with Crippen molar-refractivity contribution in [2.75, 3.05) is 19.6 Å². The lowest BCUT2D eigenvalue weighted by Gasteiger charge is -2.32. The highest BCUT2D eigenvalue weighted by Crippen LogP contribution is 2.18. The summed E-state index contributed by atoms with van der Waals surface area (Å²) >= 11 is 0. The number of rotatable bonds is 3. The normalized spacial score (nSPS) is 16.0. The van der Waals surface area contributed by atoms with Gasteiger partial charge < -0.3 is 10.2 Å². The average Bonchev–Trinajstić information content (AvgIpc) is 2.45. The first-order valence-electron chi connectivity index (χ1n) is 6.88. The maximum absolute atomic E-state index is 12.4. The van der Waals surface area contributed by atoms with Crippen LogP contribution in [0, 0.1) is 12.8 Å². The third-order valence-corrected chi connectivity index (χ3v) is 3.68. The summed E-state index contributed by atoms with van der Waals surface area (Å²) in [4.78, 5) is 33.1. The summed E-state index contributed by atoms with van der Waals surface area (Å²) in [5.74, 6) is 0.456. The molecule has 2 heterocycles. The first-order chi connectivity index (χ1) is 9.58. The number of hydrogen-bond donors (Lipinski definition) is 1. The number of amides is 2. The molecule has 1 fully saturated rings. The minimum absolute atomic E-state index is 0.000523. The lowest BCUT2D eigenvalue weighted by Crippen LogP contribution is -2.41. The van der Waals surface area contributed by atoms with Crippen LogP contribution in [0.3, 0.4) is 0 Å². The maximum Gasteiger partial charge on any atom is 0.257 e. The Morgan fingerprint density at radius 1 is 1.40 bits per heavy atom. The van der Waals surface area contributed by atoms with Crippen LogP contribution in [0.25, 0.3) is 0 Å². The molecule has 0 saturated carbocycles. The number of carbonyl (C=O) groups is 2. The number of hydrogen-bond acceptors (Lipinski definition) is 4. The molecule has 1 saturated heterocycles. The fourth-order valence-electron chi connectivity index (χ4n) is 2.40. The van der Waals surface area contributed by atoms with E-state index in [1.54, 1.807) is 6.20 Å². The van der Waals surface area contributed by atoms with Gasteiger partial charge in [0.25, 0.3) is 5.91 Å². The Balaban J connectivity index is 1.89. The number of piperidine rings is 1. The van der Waals surface area contributed by atoms with E-state index in [2.05, 4.69) is 15.3 Å². The largest absolute Gasteiger partial charge is 0.356 e. The summed E-state index contributed by atoms with van der Waals surface area (Å²) in [6.07, 6.45) is 4.86. The number of aromatic nitrogens is 2. The first-order valence-corrected chi connectivity index (χ1v) is 6.88. The van der Waals surface area contributed by atoms with Crippen molar-refractivity contribution < 1.29 is 9.59 Å². The van der Waals surface area contributed by atoms with Crippen LogP contribution in [0.4, 0.5) is 0 Å². The summed E-state index contributed by atoms with van der Waals surface area (Å²) < 4.78 is 0. The van der Waals surface area contributed by atoms with Crippen molar-refractivity contribution in [2.24, 2.45) is 5.92 Å². The molecule has 1 aromatic heterocycles. The van der Waals surface area contributed by atoms with Gasteiger partial charge in [0.2, 0.25) is 5.91 Å². The smallest absolute Gasteiger partial charge is 0.257 e. The van der Waals surface area contributed by atoms with Gasteiger partial charge in [-0.2, -0.15) is 0 Å². The summed E-state index contributed by atoms with van der Waals surface area (Å²) in [5.41, 5.74) is 1.29. The molecule has 0 bridgehead atoms. The van der Waals surface area contributed by atoms with Crippen molar-refractivity contribution in [3.05, 3.63) is 23.8 Å². The molecule has 0 aliphatic carbocycles. The second-order valence-electron chi connectivity index (χ2n) is 5.19. The molecule has 0 aromatic carbocycles. The Hall–Kier alpha value is -1.98. The zero-order valence-electron chi connectivity index (χ0n) is 11.9. The van der Waals surface area contributed by atoms with Crippen molar-refractivity contribution in [1.29, 1.82) is 0 Å². The van der Waals surface area contributed by atoms with Crippen LogP contribution in [0.2, 0.25) is 0 Å². The summed E-state index contributed by atoms with van der Waals surface area (Å²) in [6.45, 7) is 5.48. The number of carbonyl (C=O) groups excluding carboxylic acids is 2. The van der Waals surface area contributed by atoms with E-state index in [4.69, 9.17) is 0 Å². The Labute approximate surface area is 118 Å². The molecular weight excluding hydrogens is 256 g/mol. The lowest BCUT2D eigenvalue weighted by atomic mass is 9.96. The lowest BCUT2D eigenvalue weighted by molar-refractivity contribution is -0.119. The molecule has 20 heavy (non-hydrogen) atoms. The Morgan fingerprint density at radius 2 is 2.10 bits per heavy atom. The Bertz CT molecular complexity index is 496. The molecule has 0 radical (unpaired) electrons. The van der Waals surface area contributed by atoms with Crippen LogP contribution < -0.4 is 5.32 Å². The average molecular weight is 276 g/mol. The Kier molecular flexibility index (Phi) is 4.65. The summed E-state index contributed by atoms with van der Waals surface area (Å²) in [6, 6.07) is 0. The molecule has 6 heteroatoms. The van der Waals surface area contributed by atoms with Gasteiger partial charge in [0.05, 0.1) is 11.3 Å². The van der Waals surface area contributed by atoms with E-state index in [0.29, 0.717) is 23.7 Å². The minimum atomic E-state index is 0.000523. The standard InChI is InChI=1S/C14H20N4O2/c1-10-13(8-15-9-17-10)14(20)18-5-3-12(4-6-18)7-16-11(2)19/h8-9,12H,3-7H2,1-2H3,(H,16,19). The van der Waals surface area contributed by atoms with E-state index in [1.165, 1.54) is 13.3 Å². The van der Waals surface area contributed by atoms with Crippen molar-refractivity contribution in [3.63, 3.8) is 0 Å². The highest BCUT2D eigenvalue weighted by molar-refractivity contribution is 5.94. The van der Waals surface area contributed by atoms with Gasteiger partial charge in [-0.3, -0.25) is 9.59 Å². The molecule has 0 spiro atoms. The molecule has 2 amide bonds. The van der Waals surface area contributed by atoms with Gasteiger partial charge in [0.1, 0.15) is 6.33 Å². The minimum Gasteiger partial charge on any atom is -0.356 e. The van der Waals surface area contributed by atoms with Gasteiger partial charge >= 0.3 is 0 Å². The molecule has 1 aliphatic heterocycles. The highest BCUT2D eigenvalue weighted by atomic mass is 16.2. The molecule has 1 aliphatic rings. The van der Waals surface area contributed by atoms with Crippen molar-refractivity contribution >= 4 is 11.8 Å². The molecule has 0 atom stereocenters. The number of aryl methyl sites for hydroxylation is 1. The summed E-state index contributed by atoms with van der Waals surface area (Å²) in [5, 5.41) is 2.84. The van der Waals surface area contributed by atoms with Crippen LogP contribution in [-0.4, -0.2) is 46.3 Å². The third-order valence-electron chi connectivity index (χ3n) is 3.68. The van der Waals surface area contributed by atoms with Crippen LogP contribution in [0.5, 0.6) is 0 Å². The summed E-state index contributed by atoms with van der Waals surface area (Å²) in [7, 11) is 0. The van der Waals surface area contributed by atoms with E-state index in [1.807, 2.05) is 11.8 Å². The zero-order valence-corrected chi connectivity index (χ0v) is 11.9. The van der Waals surface area contributed by atoms with E-state index in [9.17, 15) is 9.59 Å².